The van der Waals surface area contributed by atoms with Gasteiger partial charge in [0.15, 0.2) is 0 Å². The number of amides is 2. The Bertz CT molecular complexity index is 671. The highest BCUT2D eigenvalue weighted by atomic mass is 16.2. The van der Waals surface area contributed by atoms with Gasteiger partial charge in [-0.15, -0.1) is 0 Å². The van der Waals surface area contributed by atoms with Gasteiger partial charge in [0, 0.05) is 25.4 Å². The van der Waals surface area contributed by atoms with Crippen LogP contribution >= 0.6 is 0 Å². The maximum Gasteiger partial charge on any atom is 0.257 e. The van der Waals surface area contributed by atoms with Crippen molar-refractivity contribution in [1.29, 1.82) is 0 Å². The lowest BCUT2D eigenvalue weighted by atomic mass is 10.1. The molecule has 22 heavy (non-hydrogen) atoms. The minimum absolute atomic E-state index is 0.190. The molecule has 0 radical (unpaired) electrons. The number of hydrogen-bond acceptors (Lipinski definition) is 4. The molecule has 2 rings (SSSR count). The molecule has 0 aliphatic rings. The molecule has 0 fully saturated rings. The Hall–Kier alpha value is -2.73. The van der Waals surface area contributed by atoms with Crippen LogP contribution in [0.3, 0.4) is 0 Å². The smallest absolute Gasteiger partial charge is 0.257 e. The van der Waals surface area contributed by atoms with Crippen molar-refractivity contribution in [3.63, 3.8) is 0 Å². The summed E-state index contributed by atoms with van der Waals surface area (Å²) in [5.41, 5.74) is 7.88. The minimum atomic E-state index is -0.286. The van der Waals surface area contributed by atoms with E-state index in [4.69, 9.17) is 5.73 Å². The molecule has 6 heteroatoms. The number of benzene rings is 1. The standard InChI is InChI=1S/C16H18N4O2/c1-11-4-5-13(14(9-11)19-15(21)6-7-17)20-16(22)12-3-2-8-18-10-12/h2-5,8-10H,6-7,17H2,1H3,(H,19,21)(H,20,22). The summed E-state index contributed by atoms with van der Waals surface area (Å²) in [6.45, 7) is 2.18. The van der Waals surface area contributed by atoms with E-state index in [0.717, 1.165) is 5.56 Å². The number of aromatic nitrogens is 1. The highest BCUT2D eigenvalue weighted by Crippen LogP contribution is 2.24. The van der Waals surface area contributed by atoms with Crippen molar-refractivity contribution in [2.75, 3.05) is 17.2 Å². The molecule has 0 aliphatic heterocycles. The lowest BCUT2D eigenvalue weighted by Crippen LogP contribution is -2.19. The quantitative estimate of drug-likeness (QED) is 0.785. The van der Waals surface area contributed by atoms with Crippen molar-refractivity contribution in [2.45, 2.75) is 13.3 Å². The number of carbonyl (C=O) groups is 2. The number of anilines is 2. The Morgan fingerprint density at radius 3 is 2.68 bits per heavy atom. The normalized spacial score (nSPS) is 10.1. The number of aryl methyl sites for hydroxylation is 1. The fourth-order valence-corrected chi connectivity index (χ4v) is 1.91. The molecule has 2 amide bonds. The zero-order chi connectivity index (χ0) is 15.9. The molecular formula is C16H18N4O2. The molecule has 2 aromatic rings. The van der Waals surface area contributed by atoms with Crippen LogP contribution in [0.15, 0.2) is 42.7 Å². The SMILES string of the molecule is Cc1ccc(NC(=O)c2cccnc2)c(NC(=O)CCN)c1. The van der Waals surface area contributed by atoms with Crippen LogP contribution in [-0.2, 0) is 4.79 Å². The number of hydrogen-bond donors (Lipinski definition) is 3. The van der Waals surface area contributed by atoms with Gasteiger partial charge in [0.25, 0.3) is 5.91 Å². The van der Waals surface area contributed by atoms with Crippen LogP contribution in [0.5, 0.6) is 0 Å². The van der Waals surface area contributed by atoms with Crippen LogP contribution in [0, 0.1) is 6.92 Å². The number of rotatable bonds is 5. The summed E-state index contributed by atoms with van der Waals surface area (Å²) >= 11 is 0. The number of pyridine rings is 1. The van der Waals surface area contributed by atoms with E-state index in [9.17, 15) is 9.59 Å². The molecular weight excluding hydrogens is 280 g/mol. The molecule has 0 saturated carbocycles. The van der Waals surface area contributed by atoms with Crippen LogP contribution < -0.4 is 16.4 Å². The molecule has 114 valence electrons. The molecule has 0 bridgehead atoms. The first-order valence-electron chi connectivity index (χ1n) is 6.92. The van der Waals surface area contributed by atoms with Crippen molar-refractivity contribution in [1.82, 2.24) is 4.98 Å². The van der Waals surface area contributed by atoms with Gasteiger partial charge in [-0.25, -0.2) is 0 Å². The Morgan fingerprint density at radius 1 is 1.18 bits per heavy atom. The van der Waals surface area contributed by atoms with Crippen molar-refractivity contribution >= 4 is 23.2 Å². The molecule has 1 aromatic carbocycles. The summed E-state index contributed by atoms with van der Waals surface area (Å²) in [5.74, 6) is -0.476. The van der Waals surface area contributed by atoms with Crippen LogP contribution in [0.1, 0.15) is 22.3 Å². The van der Waals surface area contributed by atoms with Gasteiger partial charge in [-0.3, -0.25) is 14.6 Å². The summed E-state index contributed by atoms with van der Waals surface area (Å²) in [6, 6.07) is 8.77. The molecule has 0 aliphatic carbocycles. The molecule has 1 heterocycles. The van der Waals surface area contributed by atoms with Crippen LogP contribution in [0.2, 0.25) is 0 Å². The van der Waals surface area contributed by atoms with Gasteiger partial charge in [0.05, 0.1) is 16.9 Å². The van der Waals surface area contributed by atoms with E-state index in [1.165, 1.54) is 6.20 Å². The van der Waals surface area contributed by atoms with Crippen LogP contribution in [0.4, 0.5) is 11.4 Å². The second kappa shape index (κ2) is 7.33. The molecule has 1 aromatic heterocycles. The van der Waals surface area contributed by atoms with E-state index in [1.807, 2.05) is 13.0 Å². The zero-order valence-corrected chi connectivity index (χ0v) is 12.3. The predicted octanol–water partition coefficient (Wildman–Crippen LogP) is 1.93. The maximum absolute atomic E-state index is 12.2. The highest BCUT2D eigenvalue weighted by molar-refractivity contribution is 6.07. The minimum Gasteiger partial charge on any atom is -0.330 e. The van der Waals surface area contributed by atoms with E-state index < -0.39 is 0 Å². The van der Waals surface area contributed by atoms with Gasteiger partial charge < -0.3 is 16.4 Å². The van der Waals surface area contributed by atoms with Gasteiger partial charge in [0.1, 0.15) is 0 Å². The van der Waals surface area contributed by atoms with Crippen molar-refractivity contribution in [2.24, 2.45) is 5.73 Å². The number of carbonyl (C=O) groups excluding carboxylic acids is 2. The van der Waals surface area contributed by atoms with E-state index in [-0.39, 0.29) is 24.8 Å². The van der Waals surface area contributed by atoms with Crippen molar-refractivity contribution in [3.8, 4) is 0 Å². The van der Waals surface area contributed by atoms with E-state index >= 15 is 0 Å². The van der Waals surface area contributed by atoms with Gasteiger partial charge in [-0.1, -0.05) is 6.07 Å². The highest BCUT2D eigenvalue weighted by Gasteiger charge is 2.11. The molecule has 0 unspecified atom stereocenters. The Morgan fingerprint density at radius 2 is 2.00 bits per heavy atom. The van der Waals surface area contributed by atoms with E-state index in [2.05, 4.69) is 15.6 Å². The third-order valence-electron chi connectivity index (χ3n) is 2.99. The van der Waals surface area contributed by atoms with Gasteiger partial charge in [-0.2, -0.15) is 0 Å². The van der Waals surface area contributed by atoms with Crippen molar-refractivity contribution in [3.05, 3.63) is 53.9 Å². The van der Waals surface area contributed by atoms with Gasteiger partial charge in [-0.05, 0) is 36.8 Å². The summed E-state index contributed by atoms with van der Waals surface area (Å²) in [5, 5.41) is 5.54. The summed E-state index contributed by atoms with van der Waals surface area (Å²) in [6.07, 6.45) is 3.31. The monoisotopic (exact) mass is 298 g/mol. The summed E-state index contributed by atoms with van der Waals surface area (Å²) in [7, 11) is 0. The van der Waals surface area contributed by atoms with Crippen LogP contribution in [-0.4, -0.2) is 23.3 Å². The first kappa shape index (κ1) is 15.7. The predicted molar refractivity (Wildman–Crippen MR) is 85.7 cm³/mol. The number of nitrogens with one attached hydrogen (secondary N) is 2. The Labute approximate surface area is 128 Å². The maximum atomic E-state index is 12.2. The Balaban J connectivity index is 2.19. The zero-order valence-electron chi connectivity index (χ0n) is 12.3. The third kappa shape index (κ3) is 4.13. The van der Waals surface area contributed by atoms with Gasteiger partial charge in [0.2, 0.25) is 5.91 Å². The lowest BCUT2D eigenvalue weighted by molar-refractivity contribution is -0.116. The fourth-order valence-electron chi connectivity index (χ4n) is 1.91. The molecule has 0 saturated heterocycles. The molecule has 4 N–H and O–H groups in total. The second-order valence-corrected chi connectivity index (χ2v) is 4.83. The summed E-state index contributed by atoms with van der Waals surface area (Å²) in [4.78, 5) is 27.8. The number of nitrogens with zero attached hydrogens (tertiary/aromatic N) is 1. The largest absolute Gasteiger partial charge is 0.330 e. The van der Waals surface area contributed by atoms with Crippen LogP contribution in [0.25, 0.3) is 0 Å². The van der Waals surface area contributed by atoms with E-state index in [0.29, 0.717) is 16.9 Å². The lowest BCUT2D eigenvalue weighted by Gasteiger charge is -2.13. The third-order valence-corrected chi connectivity index (χ3v) is 2.99. The first-order valence-corrected chi connectivity index (χ1v) is 6.92. The van der Waals surface area contributed by atoms with Gasteiger partial charge >= 0.3 is 0 Å². The summed E-state index contributed by atoms with van der Waals surface area (Å²) < 4.78 is 0. The Kier molecular flexibility index (Phi) is 5.21. The topological polar surface area (TPSA) is 97.1 Å². The average Bonchev–Trinajstić information content (AvgIpc) is 2.51. The van der Waals surface area contributed by atoms with Crippen molar-refractivity contribution < 1.29 is 9.59 Å². The second-order valence-electron chi connectivity index (χ2n) is 4.83. The molecule has 0 atom stereocenters. The van der Waals surface area contributed by atoms with E-state index in [1.54, 1.807) is 30.5 Å². The molecule has 6 nitrogen and oxygen atoms in total. The molecule has 0 spiro atoms. The fraction of sp³-hybridized carbons (Fsp3) is 0.188. The average molecular weight is 298 g/mol. The first-order chi connectivity index (χ1) is 10.6. The number of nitrogens with two attached hydrogens (primary N) is 1.